The van der Waals surface area contributed by atoms with Gasteiger partial charge in [0.25, 0.3) is 0 Å². The molecule has 0 bridgehead atoms. The Bertz CT molecular complexity index is 935. The molecule has 0 saturated heterocycles. The molecule has 154 valence electrons. The Morgan fingerprint density at radius 3 is 2.50 bits per heavy atom. The fourth-order valence-corrected chi connectivity index (χ4v) is 4.37. The van der Waals surface area contributed by atoms with Gasteiger partial charge in [0.1, 0.15) is 11.6 Å². The van der Waals surface area contributed by atoms with Crippen LogP contribution in [0.2, 0.25) is 0 Å². The third kappa shape index (κ3) is 6.36. The minimum atomic E-state index is -3.71. The zero-order valence-corrected chi connectivity index (χ0v) is 19.1. The van der Waals surface area contributed by atoms with Crippen LogP contribution in [0.1, 0.15) is 38.3 Å². The lowest BCUT2D eigenvalue weighted by Crippen LogP contribution is -2.16. The van der Waals surface area contributed by atoms with Crippen molar-refractivity contribution in [1.29, 1.82) is 0 Å². The van der Waals surface area contributed by atoms with Gasteiger partial charge < -0.3 is 20.4 Å². The standard InChI is InChI=1S/C18H25IN4O4S/c1-4-26-14-8-12(7-13-10-22-18(21)23-17(13)20)9-15(16(14)19)27-28(24,25)6-5-11(2)3/h8-11H,4-7H2,1-3H3,(H4,20,21,22,23). The molecule has 10 heteroatoms. The first-order valence-electron chi connectivity index (χ1n) is 8.85. The number of nitrogen functional groups attached to an aromatic ring is 2. The summed E-state index contributed by atoms with van der Waals surface area (Å²) >= 11 is 2.02. The minimum Gasteiger partial charge on any atom is -0.493 e. The van der Waals surface area contributed by atoms with Crippen LogP contribution in [-0.4, -0.2) is 30.7 Å². The Balaban J connectivity index is 2.37. The van der Waals surface area contributed by atoms with Gasteiger partial charge in [-0.05, 0) is 59.5 Å². The molecule has 1 aromatic carbocycles. The largest absolute Gasteiger partial charge is 0.493 e. The van der Waals surface area contributed by atoms with Crippen molar-refractivity contribution in [1.82, 2.24) is 9.97 Å². The number of nitrogens with two attached hydrogens (primary N) is 2. The highest BCUT2D eigenvalue weighted by atomic mass is 127. The van der Waals surface area contributed by atoms with Gasteiger partial charge >= 0.3 is 10.1 Å². The number of aromatic nitrogens is 2. The summed E-state index contributed by atoms with van der Waals surface area (Å²) in [7, 11) is -3.71. The number of anilines is 2. The Morgan fingerprint density at radius 2 is 1.89 bits per heavy atom. The van der Waals surface area contributed by atoms with E-state index >= 15 is 0 Å². The van der Waals surface area contributed by atoms with Gasteiger partial charge in [-0.1, -0.05) is 13.8 Å². The van der Waals surface area contributed by atoms with Crippen LogP contribution in [0.3, 0.4) is 0 Å². The number of halogens is 1. The summed E-state index contributed by atoms with van der Waals surface area (Å²) in [5.41, 5.74) is 12.9. The molecule has 0 saturated carbocycles. The molecule has 0 aliphatic heterocycles. The van der Waals surface area contributed by atoms with E-state index in [1.54, 1.807) is 12.3 Å². The Labute approximate surface area is 179 Å². The van der Waals surface area contributed by atoms with Gasteiger partial charge in [-0.2, -0.15) is 13.4 Å². The van der Waals surface area contributed by atoms with E-state index in [1.165, 1.54) is 0 Å². The lowest BCUT2D eigenvalue weighted by Gasteiger charge is -2.15. The molecule has 4 N–H and O–H groups in total. The lowest BCUT2D eigenvalue weighted by molar-refractivity contribution is 0.336. The Kier molecular flexibility index (Phi) is 7.70. The van der Waals surface area contributed by atoms with Gasteiger partial charge in [0, 0.05) is 18.2 Å². The molecular formula is C18H25IN4O4S. The van der Waals surface area contributed by atoms with E-state index < -0.39 is 10.1 Å². The van der Waals surface area contributed by atoms with Crippen LogP contribution in [0, 0.1) is 9.49 Å². The second kappa shape index (κ2) is 9.59. The number of rotatable bonds is 9. The van der Waals surface area contributed by atoms with E-state index in [1.807, 2.05) is 49.4 Å². The number of ether oxygens (including phenoxy) is 1. The van der Waals surface area contributed by atoms with Crippen molar-refractivity contribution in [2.45, 2.75) is 33.6 Å². The monoisotopic (exact) mass is 520 g/mol. The molecule has 2 aromatic rings. The minimum absolute atomic E-state index is 0.0479. The van der Waals surface area contributed by atoms with E-state index in [0.29, 0.717) is 34.3 Å². The SMILES string of the molecule is CCOc1cc(Cc2cnc(N)nc2N)cc(OS(=O)(=O)CCC(C)C)c1I. The van der Waals surface area contributed by atoms with Crippen LogP contribution < -0.4 is 20.4 Å². The molecule has 0 aliphatic carbocycles. The Hall–Kier alpha value is -1.82. The summed E-state index contributed by atoms with van der Waals surface area (Å²) < 4.78 is 36.4. The highest BCUT2D eigenvalue weighted by molar-refractivity contribution is 14.1. The molecule has 0 aliphatic rings. The van der Waals surface area contributed by atoms with Crippen molar-refractivity contribution in [2.24, 2.45) is 5.92 Å². The average molecular weight is 520 g/mol. The van der Waals surface area contributed by atoms with Crippen molar-refractivity contribution in [2.75, 3.05) is 23.8 Å². The normalized spacial score (nSPS) is 11.6. The zero-order chi connectivity index (χ0) is 20.9. The van der Waals surface area contributed by atoms with E-state index in [0.717, 1.165) is 5.56 Å². The fourth-order valence-electron chi connectivity index (χ4n) is 2.40. The van der Waals surface area contributed by atoms with E-state index in [-0.39, 0.29) is 29.2 Å². The summed E-state index contributed by atoms with van der Waals surface area (Å²) in [6.07, 6.45) is 2.46. The summed E-state index contributed by atoms with van der Waals surface area (Å²) in [6, 6.07) is 3.50. The topological polar surface area (TPSA) is 130 Å². The van der Waals surface area contributed by atoms with Gasteiger partial charge in [-0.15, -0.1) is 0 Å². The second-order valence-corrected chi connectivity index (χ2v) is 9.45. The van der Waals surface area contributed by atoms with Crippen molar-refractivity contribution in [3.05, 3.63) is 33.0 Å². The van der Waals surface area contributed by atoms with Crippen LogP contribution in [0.15, 0.2) is 18.3 Å². The first kappa shape index (κ1) is 22.5. The molecule has 2 rings (SSSR count). The van der Waals surface area contributed by atoms with Crippen molar-refractivity contribution >= 4 is 44.5 Å². The third-order valence-electron chi connectivity index (χ3n) is 3.84. The molecule has 0 fully saturated rings. The van der Waals surface area contributed by atoms with Gasteiger partial charge in [0.05, 0.1) is 15.9 Å². The van der Waals surface area contributed by atoms with Crippen molar-refractivity contribution < 1.29 is 17.3 Å². The molecule has 0 amide bonds. The average Bonchev–Trinajstić information content (AvgIpc) is 2.60. The molecule has 8 nitrogen and oxygen atoms in total. The van der Waals surface area contributed by atoms with Crippen LogP contribution in [-0.2, 0) is 16.5 Å². The van der Waals surface area contributed by atoms with Crippen molar-refractivity contribution in [3.8, 4) is 11.5 Å². The first-order chi connectivity index (χ1) is 13.1. The third-order valence-corrected chi connectivity index (χ3v) is 6.07. The maximum Gasteiger partial charge on any atom is 0.309 e. The van der Waals surface area contributed by atoms with Crippen molar-refractivity contribution in [3.63, 3.8) is 0 Å². The maximum absolute atomic E-state index is 12.4. The summed E-state index contributed by atoms with van der Waals surface area (Å²) in [6.45, 7) is 6.22. The summed E-state index contributed by atoms with van der Waals surface area (Å²) in [5.74, 6) is 1.37. The van der Waals surface area contributed by atoms with Crippen LogP contribution in [0.4, 0.5) is 11.8 Å². The second-order valence-electron chi connectivity index (χ2n) is 6.68. The van der Waals surface area contributed by atoms with E-state index in [2.05, 4.69) is 9.97 Å². The highest BCUT2D eigenvalue weighted by Crippen LogP contribution is 2.34. The quantitative estimate of drug-likeness (QED) is 0.381. The van der Waals surface area contributed by atoms with E-state index in [4.69, 9.17) is 20.4 Å². The van der Waals surface area contributed by atoms with Crippen LogP contribution in [0.25, 0.3) is 0 Å². The van der Waals surface area contributed by atoms with Crippen LogP contribution in [0.5, 0.6) is 11.5 Å². The summed E-state index contributed by atoms with van der Waals surface area (Å²) in [4.78, 5) is 7.92. The molecule has 0 atom stereocenters. The van der Waals surface area contributed by atoms with Gasteiger partial charge in [0.15, 0.2) is 5.75 Å². The summed E-state index contributed by atoms with van der Waals surface area (Å²) in [5, 5.41) is 0. The Morgan fingerprint density at radius 1 is 1.21 bits per heavy atom. The first-order valence-corrected chi connectivity index (χ1v) is 11.5. The maximum atomic E-state index is 12.4. The number of nitrogens with zero attached hydrogens (tertiary/aromatic N) is 2. The lowest BCUT2D eigenvalue weighted by atomic mass is 10.1. The number of hydrogen-bond acceptors (Lipinski definition) is 8. The molecule has 28 heavy (non-hydrogen) atoms. The zero-order valence-electron chi connectivity index (χ0n) is 16.1. The molecule has 0 spiro atoms. The van der Waals surface area contributed by atoms with E-state index in [9.17, 15) is 8.42 Å². The molecule has 0 radical (unpaired) electrons. The number of hydrogen-bond donors (Lipinski definition) is 2. The van der Waals surface area contributed by atoms with Crippen LogP contribution >= 0.6 is 22.6 Å². The smallest absolute Gasteiger partial charge is 0.309 e. The predicted molar refractivity (Wildman–Crippen MR) is 118 cm³/mol. The van der Waals surface area contributed by atoms with Gasteiger partial charge in [-0.3, -0.25) is 0 Å². The molecule has 1 heterocycles. The number of benzene rings is 1. The highest BCUT2D eigenvalue weighted by Gasteiger charge is 2.19. The predicted octanol–water partition coefficient (Wildman–Crippen LogP) is 2.99. The molecule has 1 aromatic heterocycles. The molecule has 0 unspecified atom stereocenters. The molecular weight excluding hydrogens is 495 g/mol. The fraction of sp³-hybridized carbons (Fsp3) is 0.444. The van der Waals surface area contributed by atoms with Gasteiger partial charge in [-0.25, -0.2) is 4.98 Å². The van der Waals surface area contributed by atoms with Gasteiger partial charge in [0.2, 0.25) is 5.95 Å².